The second kappa shape index (κ2) is 2.44. The van der Waals surface area contributed by atoms with Gasteiger partial charge >= 0.3 is 0 Å². The minimum Gasteiger partial charge on any atom is -0.354 e. The molecule has 2 rings (SSSR count). The molecule has 3 nitrogen and oxygen atoms in total. The summed E-state index contributed by atoms with van der Waals surface area (Å²) in [5.74, 6) is 0. The van der Waals surface area contributed by atoms with Gasteiger partial charge in [0.2, 0.25) is 0 Å². The molecule has 0 fully saturated rings. The van der Waals surface area contributed by atoms with Crippen molar-refractivity contribution in [3.05, 3.63) is 21.7 Å². The van der Waals surface area contributed by atoms with Crippen molar-refractivity contribution in [2.24, 2.45) is 0 Å². The van der Waals surface area contributed by atoms with Crippen LogP contribution < -0.4 is 0 Å². The number of fused-ring (bicyclic) bond motifs is 1. The lowest BCUT2D eigenvalue weighted by Gasteiger charge is -1.87. The van der Waals surface area contributed by atoms with Gasteiger partial charge in [0, 0.05) is 5.39 Å². The summed E-state index contributed by atoms with van der Waals surface area (Å²) in [6, 6.07) is 1.96. The first-order chi connectivity index (χ1) is 5.27. The van der Waals surface area contributed by atoms with Crippen molar-refractivity contribution >= 4 is 33.6 Å². The zero-order chi connectivity index (χ0) is 7.84. The van der Waals surface area contributed by atoms with Crippen LogP contribution in [0.1, 0.15) is 5.69 Å². The van der Waals surface area contributed by atoms with Crippen molar-refractivity contribution in [2.45, 2.75) is 6.92 Å². The zero-order valence-electron chi connectivity index (χ0n) is 5.84. The second-order valence-corrected chi connectivity index (χ2v) is 3.38. The summed E-state index contributed by atoms with van der Waals surface area (Å²) >= 11 is 2.16. The van der Waals surface area contributed by atoms with Gasteiger partial charge in [-0.3, -0.25) is 0 Å². The molecule has 4 heteroatoms. The molecule has 11 heavy (non-hydrogen) atoms. The number of aryl methyl sites for hydroxylation is 1. The Bertz CT molecular complexity index is 396. The zero-order valence-corrected chi connectivity index (χ0v) is 7.99. The molecule has 0 aliphatic carbocycles. The van der Waals surface area contributed by atoms with Crippen LogP contribution in [-0.2, 0) is 0 Å². The first-order valence-electron chi connectivity index (χ1n) is 3.15. The number of rotatable bonds is 0. The van der Waals surface area contributed by atoms with Crippen LogP contribution in [0.3, 0.4) is 0 Å². The van der Waals surface area contributed by atoms with Gasteiger partial charge in [0.15, 0.2) is 5.58 Å². The van der Waals surface area contributed by atoms with Gasteiger partial charge in [0.1, 0.15) is 3.70 Å². The van der Waals surface area contributed by atoms with E-state index in [1.807, 2.05) is 13.0 Å². The van der Waals surface area contributed by atoms with Crippen LogP contribution in [0.25, 0.3) is 11.0 Å². The fourth-order valence-corrected chi connectivity index (χ4v) is 1.39. The molecule has 2 aromatic rings. The Balaban J connectivity index is 2.87. The molecular weight excluding hydrogens is 255 g/mol. The molecule has 0 saturated carbocycles. The van der Waals surface area contributed by atoms with Crippen LogP contribution >= 0.6 is 22.6 Å². The molecule has 56 valence electrons. The molecule has 0 unspecified atom stereocenters. The highest BCUT2D eigenvalue weighted by atomic mass is 127. The van der Waals surface area contributed by atoms with Gasteiger partial charge in [-0.1, -0.05) is 5.16 Å². The SMILES string of the molecule is Cc1noc2cnc(I)cc12. The lowest BCUT2D eigenvalue weighted by molar-refractivity contribution is 0.449. The molecular formula is C7H5IN2O. The minimum absolute atomic E-state index is 0.753. The first kappa shape index (κ1) is 7.02. The molecule has 0 bridgehead atoms. The van der Waals surface area contributed by atoms with E-state index in [1.54, 1.807) is 6.20 Å². The van der Waals surface area contributed by atoms with Gasteiger partial charge in [-0.15, -0.1) is 0 Å². The molecule has 0 saturated heterocycles. The molecule has 0 N–H and O–H groups in total. The number of pyridine rings is 1. The number of nitrogens with zero attached hydrogens (tertiary/aromatic N) is 2. The lowest BCUT2D eigenvalue weighted by atomic mass is 10.3. The van der Waals surface area contributed by atoms with Crippen molar-refractivity contribution in [3.63, 3.8) is 0 Å². The molecule has 2 heterocycles. The van der Waals surface area contributed by atoms with E-state index in [9.17, 15) is 0 Å². The van der Waals surface area contributed by atoms with Gasteiger partial charge in [0.25, 0.3) is 0 Å². The Hall–Kier alpha value is -0.650. The Kier molecular flexibility index (Phi) is 1.56. The largest absolute Gasteiger partial charge is 0.354 e. The summed E-state index contributed by atoms with van der Waals surface area (Å²) in [6.45, 7) is 1.92. The van der Waals surface area contributed by atoms with Gasteiger partial charge in [-0.25, -0.2) is 4.98 Å². The number of hydrogen-bond acceptors (Lipinski definition) is 3. The maximum atomic E-state index is 4.99. The van der Waals surface area contributed by atoms with Crippen LogP contribution in [0.15, 0.2) is 16.8 Å². The van der Waals surface area contributed by atoms with Gasteiger partial charge < -0.3 is 4.52 Å². The number of aromatic nitrogens is 2. The van der Waals surface area contributed by atoms with E-state index in [4.69, 9.17) is 4.52 Å². The average molecular weight is 260 g/mol. The Morgan fingerprint density at radius 3 is 3.18 bits per heavy atom. The van der Waals surface area contributed by atoms with E-state index >= 15 is 0 Å². The molecule has 0 aliphatic heterocycles. The highest BCUT2D eigenvalue weighted by Crippen LogP contribution is 2.17. The van der Waals surface area contributed by atoms with Crippen LogP contribution in [-0.4, -0.2) is 10.1 Å². The molecule has 2 aromatic heterocycles. The van der Waals surface area contributed by atoms with Crippen LogP contribution in [0.4, 0.5) is 0 Å². The van der Waals surface area contributed by atoms with Crippen molar-refractivity contribution in [1.29, 1.82) is 0 Å². The third kappa shape index (κ3) is 1.11. The van der Waals surface area contributed by atoms with Crippen molar-refractivity contribution < 1.29 is 4.52 Å². The Morgan fingerprint density at radius 2 is 2.36 bits per heavy atom. The van der Waals surface area contributed by atoms with Gasteiger partial charge in [-0.2, -0.15) is 0 Å². The summed E-state index contributed by atoms with van der Waals surface area (Å²) in [6.07, 6.45) is 1.69. The first-order valence-corrected chi connectivity index (χ1v) is 4.23. The Labute approximate surface area is 76.9 Å². The average Bonchev–Trinajstić information content (AvgIpc) is 2.33. The summed E-state index contributed by atoms with van der Waals surface area (Å²) in [5, 5.41) is 4.86. The van der Waals surface area contributed by atoms with E-state index in [1.165, 1.54) is 0 Å². The van der Waals surface area contributed by atoms with Gasteiger partial charge in [0.05, 0.1) is 11.9 Å². The quantitative estimate of drug-likeness (QED) is 0.538. The maximum absolute atomic E-state index is 4.99. The number of halogens is 1. The second-order valence-electron chi connectivity index (χ2n) is 2.27. The fraction of sp³-hybridized carbons (Fsp3) is 0.143. The molecule has 0 aromatic carbocycles. The maximum Gasteiger partial charge on any atom is 0.185 e. The highest BCUT2D eigenvalue weighted by molar-refractivity contribution is 14.1. The van der Waals surface area contributed by atoms with Gasteiger partial charge in [-0.05, 0) is 35.6 Å². The molecule has 0 radical (unpaired) electrons. The summed E-state index contributed by atoms with van der Waals surface area (Å²) < 4.78 is 5.95. The van der Waals surface area contributed by atoms with Crippen molar-refractivity contribution in [3.8, 4) is 0 Å². The van der Waals surface area contributed by atoms with E-state index in [0.717, 1.165) is 20.4 Å². The van der Waals surface area contributed by atoms with E-state index in [2.05, 4.69) is 32.7 Å². The van der Waals surface area contributed by atoms with Crippen LogP contribution in [0, 0.1) is 10.6 Å². The molecule has 0 atom stereocenters. The molecule has 0 aliphatic rings. The predicted octanol–water partition coefficient (Wildman–Crippen LogP) is 2.14. The fourth-order valence-electron chi connectivity index (χ4n) is 0.940. The Morgan fingerprint density at radius 1 is 1.55 bits per heavy atom. The summed E-state index contributed by atoms with van der Waals surface area (Å²) in [4.78, 5) is 4.07. The van der Waals surface area contributed by atoms with E-state index in [0.29, 0.717) is 0 Å². The summed E-state index contributed by atoms with van der Waals surface area (Å²) in [5.41, 5.74) is 1.67. The lowest BCUT2D eigenvalue weighted by Crippen LogP contribution is -1.77. The predicted molar refractivity (Wildman–Crippen MR) is 49.3 cm³/mol. The standard InChI is InChI=1S/C7H5IN2O/c1-4-5-2-7(8)9-3-6(5)11-10-4/h2-3H,1H3. The number of hydrogen-bond donors (Lipinski definition) is 0. The topological polar surface area (TPSA) is 38.9 Å². The van der Waals surface area contributed by atoms with Crippen molar-refractivity contribution in [1.82, 2.24) is 10.1 Å². The van der Waals surface area contributed by atoms with E-state index < -0.39 is 0 Å². The minimum atomic E-state index is 0.753. The third-order valence-electron chi connectivity index (χ3n) is 1.50. The van der Waals surface area contributed by atoms with Crippen LogP contribution in [0.5, 0.6) is 0 Å². The molecule has 0 spiro atoms. The monoisotopic (exact) mass is 260 g/mol. The summed E-state index contributed by atoms with van der Waals surface area (Å²) in [7, 11) is 0. The van der Waals surface area contributed by atoms with Crippen molar-refractivity contribution in [2.75, 3.05) is 0 Å². The van der Waals surface area contributed by atoms with Crippen LogP contribution in [0.2, 0.25) is 0 Å². The highest BCUT2D eigenvalue weighted by Gasteiger charge is 2.03. The smallest absolute Gasteiger partial charge is 0.185 e. The normalized spacial score (nSPS) is 10.7. The third-order valence-corrected chi connectivity index (χ3v) is 2.09. The molecule has 0 amide bonds. The van der Waals surface area contributed by atoms with E-state index in [-0.39, 0.29) is 0 Å².